The third-order valence-corrected chi connectivity index (χ3v) is 5.17. The summed E-state index contributed by atoms with van der Waals surface area (Å²) < 4.78 is 0. The molecule has 2 heteroatoms. The first-order valence-electron chi connectivity index (χ1n) is 9.13. The predicted molar refractivity (Wildman–Crippen MR) is 113 cm³/mol. The van der Waals surface area contributed by atoms with Crippen molar-refractivity contribution >= 4 is 27.8 Å². The molecule has 0 fully saturated rings. The second kappa shape index (κ2) is 6.24. The first-order valence-corrected chi connectivity index (χ1v) is 9.13. The van der Waals surface area contributed by atoms with Crippen molar-refractivity contribution < 1.29 is 9.90 Å². The fraction of sp³-hybridized carbons (Fsp3) is 0.160. The molecule has 0 aromatic heterocycles. The van der Waals surface area contributed by atoms with Crippen LogP contribution in [0.3, 0.4) is 0 Å². The van der Waals surface area contributed by atoms with Crippen LogP contribution in [-0.2, 0) is 5.41 Å². The summed E-state index contributed by atoms with van der Waals surface area (Å²) in [5.74, 6) is 0.0412. The Morgan fingerprint density at radius 1 is 0.815 bits per heavy atom. The van der Waals surface area contributed by atoms with Gasteiger partial charge in [-0.25, -0.2) is 0 Å². The van der Waals surface area contributed by atoms with E-state index < -0.39 is 0 Å². The predicted octanol–water partition coefficient (Wildman–Crippen LogP) is 6.48. The minimum Gasteiger partial charge on any atom is -0.507 e. The maximum Gasteiger partial charge on any atom is 0.153 e. The number of phenols is 1. The molecule has 0 radical (unpaired) electrons. The number of aromatic hydroxyl groups is 1. The van der Waals surface area contributed by atoms with E-state index in [2.05, 4.69) is 51.1 Å². The number of aldehydes is 1. The molecular weight excluding hydrogens is 332 g/mol. The first-order chi connectivity index (χ1) is 12.9. The molecule has 0 aliphatic rings. The lowest BCUT2D eigenvalue weighted by Crippen LogP contribution is -2.12. The molecule has 0 heterocycles. The highest BCUT2D eigenvalue weighted by atomic mass is 16.3. The van der Waals surface area contributed by atoms with Gasteiger partial charge < -0.3 is 5.11 Å². The van der Waals surface area contributed by atoms with Crippen LogP contribution in [0.1, 0.15) is 36.7 Å². The highest BCUT2D eigenvalue weighted by Gasteiger charge is 2.21. The first kappa shape index (κ1) is 17.3. The van der Waals surface area contributed by atoms with Crippen LogP contribution in [-0.4, -0.2) is 11.4 Å². The number of hydrogen-bond donors (Lipinski definition) is 1. The van der Waals surface area contributed by atoms with Gasteiger partial charge in [-0.2, -0.15) is 0 Å². The Morgan fingerprint density at radius 2 is 1.37 bits per heavy atom. The van der Waals surface area contributed by atoms with Crippen molar-refractivity contribution in [3.63, 3.8) is 0 Å². The zero-order valence-electron chi connectivity index (χ0n) is 15.8. The van der Waals surface area contributed by atoms with Crippen molar-refractivity contribution in [1.29, 1.82) is 0 Å². The van der Waals surface area contributed by atoms with E-state index in [0.29, 0.717) is 11.1 Å². The van der Waals surface area contributed by atoms with E-state index in [1.54, 1.807) is 6.07 Å². The average molecular weight is 354 g/mol. The van der Waals surface area contributed by atoms with Crippen LogP contribution >= 0.6 is 0 Å². The second-order valence-corrected chi connectivity index (χ2v) is 8.02. The van der Waals surface area contributed by atoms with Gasteiger partial charge in [0.1, 0.15) is 5.75 Å². The third-order valence-electron chi connectivity index (χ3n) is 5.17. The molecule has 0 saturated carbocycles. The molecular formula is C25H22O2. The molecule has 27 heavy (non-hydrogen) atoms. The summed E-state index contributed by atoms with van der Waals surface area (Å²) in [5, 5.41) is 15.3. The zero-order chi connectivity index (χ0) is 19.2. The van der Waals surface area contributed by atoms with E-state index in [9.17, 15) is 9.90 Å². The fourth-order valence-electron chi connectivity index (χ4n) is 3.67. The molecule has 0 amide bonds. The van der Waals surface area contributed by atoms with Gasteiger partial charge in [-0.05, 0) is 50.7 Å². The number of benzene rings is 4. The number of phenolic OH excluding ortho intramolecular Hbond substituents is 1. The zero-order valence-corrected chi connectivity index (χ0v) is 15.8. The van der Waals surface area contributed by atoms with Crippen LogP contribution in [0, 0.1) is 0 Å². The van der Waals surface area contributed by atoms with Gasteiger partial charge in [-0.3, -0.25) is 4.79 Å². The summed E-state index contributed by atoms with van der Waals surface area (Å²) >= 11 is 0. The lowest BCUT2D eigenvalue weighted by molar-refractivity contribution is 0.112. The Hall–Kier alpha value is -3.13. The molecule has 0 aliphatic carbocycles. The normalized spacial score (nSPS) is 11.8. The summed E-state index contributed by atoms with van der Waals surface area (Å²) in [6, 6.07) is 22.3. The molecule has 0 aliphatic heterocycles. The molecule has 0 bridgehead atoms. The van der Waals surface area contributed by atoms with E-state index in [1.165, 1.54) is 0 Å². The SMILES string of the molecule is CC(C)(C)c1cc(C=O)c(O)c(-c2c3ccccc3cc3ccccc23)c1. The summed E-state index contributed by atoms with van der Waals surface area (Å²) in [5.41, 5.74) is 2.89. The van der Waals surface area contributed by atoms with Gasteiger partial charge in [0.2, 0.25) is 0 Å². The maximum absolute atomic E-state index is 11.7. The topological polar surface area (TPSA) is 37.3 Å². The maximum atomic E-state index is 11.7. The number of carbonyl (C=O) groups excluding carboxylic acids is 1. The molecule has 4 aromatic rings. The van der Waals surface area contributed by atoms with Gasteiger partial charge in [-0.1, -0.05) is 69.3 Å². The van der Waals surface area contributed by atoms with Crippen LogP contribution in [0.5, 0.6) is 5.75 Å². The van der Waals surface area contributed by atoms with E-state index in [0.717, 1.165) is 39.0 Å². The van der Waals surface area contributed by atoms with Crippen molar-refractivity contribution in [3.8, 4) is 16.9 Å². The van der Waals surface area contributed by atoms with E-state index in [1.807, 2.05) is 30.3 Å². The van der Waals surface area contributed by atoms with Crippen LogP contribution in [0.15, 0.2) is 66.7 Å². The third kappa shape index (κ3) is 2.87. The Morgan fingerprint density at radius 3 is 1.89 bits per heavy atom. The van der Waals surface area contributed by atoms with Crippen LogP contribution in [0.25, 0.3) is 32.7 Å². The molecule has 0 atom stereocenters. The van der Waals surface area contributed by atoms with Gasteiger partial charge in [0.15, 0.2) is 6.29 Å². The number of carbonyl (C=O) groups is 1. The molecule has 0 unspecified atom stereocenters. The largest absolute Gasteiger partial charge is 0.507 e. The molecule has 4 rings (SSSR count). The molecule has 134 valence electrons. The lowest BCUT2D eigenvalue weighted by Gasteiger charge is -2.22. The van der Waals surface area contributed by atoms with Crippen molar-refractivity contribution in [1.82, 2.24) is 0 Å². The summed E-state index contributed by atoms with van der Waals surface area (Å²) in [6.45, 7) is 6.33. The number of hydrogen-bond acceptors (Lipinski definition) is 2. The molecule has 4 aromatic carbocycles. The van der Waals surface area contributed by atoms with Gasteiger partial charge in [-0.15, -0.1) is 0 Å². The highest BCUT2D eigenvalue weighted by Crippen LogP contribution is 2.43. The summed E-state index contributed by atoms with van der Waals surface area (Å²) in [7, 11) is 0. The van der Waals surface area contributed by atoms with Gasteiger partial charge in [0.25, 0.3) is 0 Å². The van der Waals surface area contributed by atoms with Gasteiger partial charge in [0, 0.05) is 11.1 Å². The summed E-state index contributed by atoms with van der Waals surface area (Å²) in [6.07, 6.45) is 0.737. The lowest BCUT2D eigenvalue weighted by atomic mass is 9.82. The van der Waals surface area contributed by atoms with Crippen molar-refractivity contribution in [2.45, 2.75) is 26.2 Å². The Kier molecular flexibility index (Phi) is 4.00. The van der Waals surface area contributed by atoms with Crippen LogP contribution < -0.4 is 0 Å². The van der Waals surface area contributed by atoms with Crippen LogP contribution in [0.4, 0.5) is 0 Å². The van der Waals surface area contributed by atoms with Crippen molar-refractivity contribution in [2.24, 2.45) is 0 Å². The standard InChI is InChI=1S/C25H22O2/c1-25(2,3)19-13-18(15-26)24(27)22(14-19)23-20-10-6-4-8-16(20)12-17-9-5-7-11-21(17)23/h4-15,27H,1-3H3. The Labute approximate surface area is 159 Å². The minimum absolute atomic E-state index is 0.0412. The highest BCUT2D eigenvalue weighted by molar-refractivity contribution is 6.14. The fourth-order valence-corrected chi connectivity index (χ4v) is 3.67. The Bertz CT molecular complexity index is 1130. The van der Waals surface area contributed by atoms with Gasteiger partial charge >= 0.3 is 0 Å². The van der Waals surface area contributed by atoms with Crippen molar-refractivity contribution in [3.05, 3.63) is 77.9 Å². The van der Waals surface area contributed by atoms with E-state index >= 15 is 0 Å². The number of rotatable bonds is 2. The Balaban J connectivity index is 2.20. The molecule has 2 nitrogen and oxygen atoms in total. The molecule has 0 saturated heterocycles. The van der Waals surface area contributed by atoms with E-state index in [-0.39, 0.29) is 11.2 Å². The average Bonchev–Trinajstić information content (AvgIpc) is 2.65. The molecule has 1 N–H and O–H groups in total. The van der Waals surface area contributed by atoms with Gasteiger partial charge in [0.05, 0.1) is 5.56 Å². The quantitative estimate of drug-likeness (QED) is 0.330. The minimum atomic E-state index is -0.138. The second-order valence-electron chi connectivity index (χ2n) is 8.02. The molecule has 0 spiro atoms. The van der Waals surface area contributed by atoms with E-state index in [4.69, 9.17) is 0 Å². The smallest absolute Gasteiger partial charge is 0.153 e. The van der Waals surface area contributed by atoms with Crippen molar-refractivity contribution in [2.75, 3.05) is 0 Å². The van der Waals surface area contributed by atoms with Crippen LogP contribution in [0.2, 0.25) is 0 Å². The monoisotopic (exact) mass is 354 g/mol. The number of fused-ring (bicyclic) bond motifs is 2. The summed E-state index contributed by atoms with van der Waals surface area (Å²) in [4.78, 5) is 11.7.